The minimum atomic E-state index is -0.109. The largest absolute Gasteiger partial charge is 0.379 e. The Balaban J connectivity index is 2.40. The van der Waals surface area contributed by atoms with E-state index in [4.69, 9.17) is 4.74 Å². The zero-order chi connectivity index (χ0) is 12.9. The lowest BCUT2D eigenvalue weighted by atomic mass is 10.1. The molecule has 0 saturated heterocycles. The molecule has 1 aromatic rings. The van der Waals surface area contributed by atoms with E-state index in [1.807, 2.05) is 10.9 Å². The molecule has 0 spiro atoms. The Morgan fingerprint density at radius 3 is 2.76 bits per heavy atom. The number of nitrogens with one attached hydrogen (secondary N) is 1. The number of methoxy groups -OCH3 is 1. The van der Waals surface area contributed by atoms with Crippen molar-refractivity contribution in [1.82, 2.24) is 20.3 Å². The second kappa shape index (κ2) is 6.12. The third kappa shape index (κ3) is 5.28. The molecule has 5 nitrogen and oxygen atoms in total. The SMILES string of the molecule is COC(C)(C)CCn1cc(CNC(C)C)nn1. The van der Waals surface area contributed by atoms with E-state index in [1.165, 1.54) is 0 Å². The molecule has 1 N–H and O–H groups in total. The van der Waals surface area contributed by atoms with Crippen LogP contribution in [0.15, 0.2) is 6.20 Å². The van der Waals surface area contributed by atoms with Gasteiger partial charge in [-0.15, -0.1) is 5.10 Å². The lowest BCUT2D eigenvalue weighted by molar-refractivity contribution is 0.0112. The topological polar surface area (TPSA) is 52.0 Å². The maximum Gasteiger partial charge on any atom is 0.0964 e. The summed E-state index contributed by atoms with van der Waals surface area (Å²) in [6.45, 7) is 9.98. The summed E-state index contributed by atoms with van der Waals surface area (Å²) >= 11 is 0. The number of aromatic nitrogens is 3. The maximum atomic E-state index is 5.37. The number of ether oxygens (including phenoxy) is 1. The van der Waals surface area contributed by atoms with Crippen molar-refractivity contribution in [2.75, 3.05) is 7.11 Å². The van der Waals surface area contributed by atoms with E-state index < -0.39 is 0 Å². The molecule has 0 bridgehead atoms. The highest BCUT2D eigenvalue weighted by atomic mass is 16.5. The summed E-state index contributed by atoms with van der Waals surface area (Å²) < 4.78 is 7.24. The molecular formula is C12H24N4O. The number of rotatable bonds is 7. The molecule has 0 fully saturated rings. The first-order valence-electron chi connectivity index (χ1n) is 6.10. The van der Waals surface area contributed by atoms with Gasteiger partial charge in [-0.05, 0) is 20.3 Å². The molecule has 0 unspecified atom stereocenters. The lowest BCUT2D eigenvalue weighted by Gasteiger charge is -2.22. The van der Waals surface area contributed by atoms with Crippen molar-refractivity contribution in [2.24, 2.45) is 0 Å². The number of nitrogens with zero attached hydrogens (tertiary/aromatic N) is 3. The Kier molecular flexibility index (Phi) is 5.08. The molecule has 0 radical (unpaired) electrons. The van der Waals surface area contributed by atoms with E-state index in [0.717, 1.165) is 25.2 Å². The van der Waals surface area contributed by atoms with Crippen LogP contribution < -0.4 is 5.32 Å². The van der Waals surface area contributed by atoms with Crippen LogP contribution in [0.1, 0.15) is 39.8 Å². The third-order valence-electron chi connectivity index (χ3n) is 2.77. The van der Waals surface area contributed by atoms with Crippen LogP contribution in [-0.2, 0) is 17.8 Å². The van der Waals surface area contributed by atoms with Crippen LogP contribution in [0.2, 0.25) is 0 Å². The van der Waals surface area contributed by atoms with Crippen molar-refractivity contribution in [1.29, 1.82) is 0 Å². The lowest BCUT2D eigenvalue weighted by Crippen LogP contribution is -2.24. The summed E-state index contributed by atoms with van der Waals surface area (Å²) in [6.07, 6.45) is 2.91. The van der Waals surface area contributed by atoms with Crippen LogP contribution in [-0.4, -0.2) is 33.7 Å². The fourth-order valence-corrected chi connectivity index (χ4v) is 1.32. The van der Waals surface area contributed by atoms with E-state index in [-0.39, 0.29) is 5.60 Å². The minimum absolute atomic E-state index is 0.109. The first-order valence-corrected chi connectivity index (χ1v) is 6.10. The average Bonchev–Trinajstić information content (AvgIpc) is 2.72. The molecule has 0 aromatic carbocycles. The predicted molar refractivity (Wildman–Crippen MR) is 67.7 cm³/mol. The van der Waals surface area contributed by atoms with Crippen molar-refractivity contribution >= 4 is 0 Å². The van der Waals surface area contributed by atoms with Crippen molar-refractivity contribution in [3.8, 4) is 0 Å². The van der Waals surface area contributed by atoms with Crippen LogP contribution >= 0.6 is 0 Å². The molecule has 98 valence electrons. The van der Waals surface area contributed by atoms with Gasteiger partial charge in [0.1, 0.15) is 0 Å². The van der Waals surface area contributed by atoms with Crippen molar-refractivity contribution in [2.45, 2.75) is 58.8 Å². The van der Waals surface area contributed by atoms with Gasteiger partial charge in [0, 0.05) is 32.4 Å². The molecule has 1 rings (SSSR count). The standard InChI is InChI=1S/C12H24N4O/c1-10(2)13-8-11-9-16(15-14-11)7-6-12(3,4)17-5/h9-10,13H,6-8H2,1-5H3. The molecule has 0 aliphatic carbocycles. The monoisotopic (exact) mass is 240 g/mol. The molecule has 0 aliphatic heterocycles. The normalized spacial score (nSPS) is 12.4. The van der Waals surface area contributed by atoms with Gasteiger partial charge >= 0.3 is 0 Å². The van der Waals surface area contributed by atoms with Crippen LogP contribution in [0, 0.1) is 0 Å². The summed E-state index contributed by atoms with van der Waals surface area (Å²) in [5.74, 6) is 0. The smallest absolute Gasteiger partial charge is 0.0964 e. The van der Waals surface area contributed by atoms with Crippen molar-refractivity contribution < 1.29 is 4.74 Å². The molecule has 1 heterocycles. The fourth-order valence-electron chi connectivity index (χ4n) is 1.32. The highest BCUT2D eigenvalue weighted by Gasteiger charge is 2.16. The van der Waals surface area contributed by atoms with Crippen LogP contribution in [0.5, 0.6) is 0 Å². The Bertz CT molecular complexity index is 333. The van der Waals surface area contributed by atoms with Gasteiger partial charge in [0.25, 0.3) is 0 Å². The van der Waals surface area contributed by atoms with Gasteiger partial charge in [-0.2, -0.15) is 0 Å². The second-order valence-electron chi connectivity index (χ2n) is 5.22. The van der Waals surface area contributed by atoms with Gasteiger partial charge in [0.2, 0.25) is 0 Å². The second-order valence-corrected chi connectivity index (χ2v) is 5.22. The Hall–Kier alpha value is -0.940. The first kappa shape index (κ1) is 14.1. The van der Waals surface area contributed by atoms with E-state index in [1.54, 1.807) is 7.11 Å². The first-order chi connectivity index (χ1) is 7.93. The van der Waals surface area contributed by atoms with Crippen molar-refractivity contribution in [3.63, 3.8) is 0 Å². The van der Waals surface area contributed by atoms with E-state index in [9.17, 15) is 0 Å². The maximum absolute atomic E-state index is 5.37. The highest BCUT2D eigenvalue weighted by Crippen LogP contribution is 2.13. The molecule has 0 atom stereocenters. The zero-order valence-electron chi connectivity index (χ0n) is 11.5. The number of aryl methyl sites for hydroxylation is 1. The summed E-state index contributed by atoms with van der Waals surface area (Å²) in [5.41, 5.74) is 0.872. The van der Waals surface area contributed by atoms with Crippen LogP contribution in [0.3, 0.4) is 0 Å². The van der Waals surface area contributed by atoms with Crippen LogP contribution in [0.4, 0.5) is 0 Å². The summed E-state index contributed by atoms with van der Waals surface area (Å²) in [6, 6.07) is 0.465. The Morgan fingerprint density at radius 2 is 2.18 bits per heavy atom. The average molecular weight is 240 g/mol. The van der Waals surface area contributed by atoms with Crippen molar-refractivity contribution in [3.05, 3.63) is 11.9 Å². The Labute approximate surface area is 104 Å². The van der Waals surface area contributed by atoms with E-state index in [2.05, 4.69) is 43.3 Å². The molecule has 1 aromatic heterocycles. The van der Waals surface area contributed by atoms with Crippen LogP contribution in [0.25, 0.3) is 0 Å². The molecular weight excluding hydrogens is 216 g/mol. The summed E-state index contributed by atoms with van der Waals surface area (Å²) in [5, 5.41) is 11.5. The molecule has 0 aliphatic rings. The van der Waals surface area contributed by atoms with Gasteiger partial charge in [-0.1, -0.05) is 19.1 Å². The van der Waals surface area contributed by atoms with Gasteiger partial charge in [-0.25, -0.2) is 0 Å². The van der Waals surface area contributed by atoms with Gasteiger partial charge in [0.15, 0.2) is 0 Å². The van der Waals surface area contributed by atoms with Gasteiger partial charge < -0.3 is 10.1 Å². The number of hydrogen-bond donors (Lipinski definition) is 1. The van der Waals surface area contributed by atoms with E-state index in [0.29, 0.717) is 6.04 Å². The molecule has 0 saturated carbocycles. The predicted octanol–water partition coefficient (Wildman–Crippen LogP) is 1.59. The third-order valence-corrected chi connectivity index (χ3v) is 2.77. The quantitative estimate of drug-likeness (QED) is 0.786. The highest BCUT2D eigenvalue weighted by molar-refractivity contribution is 4.92. The minimum Gasteiger partial charge on any atom is -0.379 e. The molecule has 5 heteroatoms. The Morgan fingerprint density at radius 1 is 1.47 bits per heavy atom. The fraction of sp³-hybridized carbons (Fsp3) is 0.833. The van der Waals surface area contributed by atoms with Gasteiger partial charge in [-0.3, -0.25) is 4.68 Å². The van der Waals surface area contributed by atoms with E-state index >= 15 is 0 Å². The number of hydrogen-bond acceptors (Lipinski definition) is 4. The molecule has 0 amide bonds. The summed E-state index contributed by atoms with van der Waals surface area (Å²) in [4.78, 5) is 0. The molecule has 17 heavy (non-hydrogen) atoms. The summed E-state index contributed by atoms with van der Waals surface area (Å²) in [7, 11) is 1.74. The zero-order valence-corrected chi connectivity index (χ0v) is 11.5. The van der Waals surface area contributed by atoms with Gasteiger partial charge in [0.05, 0.1) is 11.3 Å².